The molecular formula is C21H24N4O4S. The van der Waals surface area contributed by atoms with E-state index in [0.29, 0.717) is 23.4 Å². The Morgan fingerprint density at radius 3 is 2.40 bits per heavy atom. The van der Waals surface area contributed by atoms with Crippen molar-refractivity contribution in [2.45, 2.75) is 26.7 Å². The van der Waals surface area contributed by atoms with Crippen molar-refractivity contribution in [1.82, 2.24) is 16.2 Å². The SMILES string of the molecule is CCCC(=O)Nc1ccc(C(=O)NNC(=S)NC(=O)COc2cccc(C)c2)cc1. The number of nitrogens with one attached hydrogen (secondary N) is 4. The molecule has 0 saturated carbocycles. The zero-order chi connectivity index (χ0) is 21.9. The molecule has 158 valence electrons. The number of hydrogen-bond acceptors (Lipinski definition) is 5. The van der Waals surface area contributed by atoms with Gasteiger partial charge in [-0.2, -0.15) is 0 Å². The van der Waals surface area contributed by atoms with Crippen LogP contribution in [-0.2, 0) is 9.59 Å². The van der Waals surface area contributed by atoms with E-state index in [-0.39, 0.29) is 17.6 Å². The van der Waals surface area contributed by atoms with Crippen LogP contribution in [0.5, 0.6) is 5.75 Å². The van der Waals surface area contributed by atoms with Gasteiger partial charge < -0.3 is 10.1 Å². The number of carbonyl (C=O) groups excluding carboxylic acids is 3. The third-order valence-electron chi connectivity index (χ3n) is 3.81. The Kier molecular flexibility index (Phi) is 8.76. The molecule has 0 unspecified atom stereocenters. The van der Waals surface area contributed by atoms with E-state index in [0.717, 1.165) is 12.0 Å². The highest BCUT2D eigenvalue weighted by Gasteiger charge is 2.09. The van der Waals surface area contributed by atoms with Gasteiger partial charge in [-0.3, -0.25) is 30.6 Å². The molecule has 3 amide bonds. The third kappa shape index (κ3) is 7.88. The molecule has 0 aliphatic carbocycles. The molecule has 0 atom stereocenters. The highest BCUT2D eigenvalue weighted by atomic mass is 32.1. The third-order valence-corrected chi connectivity index (χ3v) is 4.01. The molecule has 0 aliphatic rings. The summed E-state index contributed by atoms with van der Waals surface area (Å²) in [5, 5.41) is 5.08. The molecule has 2 rings (SSSR count). The molecule has 0 heterocycles. The number of hydrazine groups is 1. The smallest absolute Gasteiger partial charge is 0.269 e. The van der Waals surface area contributed by atoms with Crippen LogP contribution in [0.1, 0.15) is 35.7 Å². The Morgan fingerprint density at radius 2 is 1.73 bits per heavy atom. The quantitative estimate of drug-likeness (QED) is 0.399. The summed E-state index contributed by atoms with van der Waals surface area (Å²) in [7, 11) is 0. The van der Waals surface area contributed by atoms with Gasteiger partial charge in [0, 0.05) is 17.7 Å². The molecule has 9 heteroatoms. The lowest BCUT2D eigenvalue weighted by Crippen LogP contribution is -2.49. The zero-order valence-corrected chi connectivity index (χ0v) is 17.6. The van der Waals surface area contributed by atoms with Gasteiger partial charge in [0.05, 0.1) is 0 Å². The van der Waals surface area contributed by atoms with Crippen LogP contribution in [0.15, 0.2) is 48.5 Å². The first-order chi connectivity index (χ1) is 14.4. The lowest BCUT2D eigenvalue weighted by atomic mass is 10.2. The van der Waals surface area contributed by atoms with Gasteiger partial charge in [0.15, 0.2) is 11.7 Å². The fraction of sp³-hybridized carbons (Fsp3) is 0.238. The van der Waals surface area contributed by atoms with Crippen molar-refractivity contribution < 1.29 is 19.1 Å². The summed E-state index contributed by atoms with van der Waals surface area (Å²) in [5.74, 6) is -0.417. The topological polar surface area (TPSA) is 109 Å². The molecule has 0 fully saturated rings. The average molecular weight is 429 g/mol. The van der Waals surface area contributed by atoms with E-state index >= 15 is 0 Å². The van der Waals surface area contributed by atoms with Gasteiger partial charge in [-0.05, 0) is 67.5 Å². The van der Waals surface area contributed by atoms with Crippen LogP contribution in [-0.4, -0.2) is 29.4 Å². The van der Waals surface area contributed by atoms with Gasteiger partial charge in [-0.15, -0.1) is 0 Å². The lowest BCUT2D eigenvalue weighted by molar-refractivity contribution is -0.121. The van der Waals surface area contributed by atoms with E-state index in [9.17, 15) is 14.4 Å². The molecule has 2 aromatic rings. The highest BCUT2D eigenvalue weighted by Crippen LogP contribution is 2.12. The molecule has 4 N–H and O–H groups in total. The average Bonchev–Trinajstić information content (AvgIpc) is 2.71. The first-order valence-corrected chi connectivity index (χ1v) is 9.77. The van der Waals surface area contributed by atoms with Crippen LogP contribution in [0.25, 0.3) is 0 Å². The number of anilines is 1. The standard InChI is InChI=1S/C21H24N4O4S/c1-3-5-18(26)22-16-10-8-15(9-11-16)20(28)24-25-21(30)23-19(27)13-29-17-7-4-6-14(2)12-17/h4,6-12H,3,5,13H2,1-2H3,(H,22,26)(H,24,28)(H2,23,25,27,30). The summed E-state index contributed by atoms with van der Waals surface area (Å²) in [6, 6.07) is 13.7. The maximum atomic E-state index is 12.2. The van der Waals surface area contributed by atoms with Gasteiger partial charge in [0.2, 0.25) is 5.91 Å². The molecule has 2 aromatic carbocycles. The van der Waals surface area contributed by atoms with Crippen LogP contribution in [0.2, 0.25) is 0 Å². The first-order valence-electron chi connectivity index (χ1n) is 9.37. The number of thiocarbonyl (C=S) groups is 1. The number of benzene rings is 2. The predicted molar refractivity (Wildman–Crippen MR) is 118 cm³/mol. The largest absolute Gasteiger partial charge is 0.484 e. The second-order valence-corrected chi connectivity index (χ2v) is 6.85. The molecule has 0 aromatic heterocycles. The normalized spacial score (nSPS) is 9.93. The Balaban J connectivity index is 1.73. The van der Waals surface area contributed by atoms with Crippen LogP contribution in [0, 0.1) is 6.92 Å². The number of hydrogen-bond donors (Lipinski definition) is 4. The summed E-state index contributed by atoms with van der Waals surface area (Å²) >= 11 is 4.98. The van der Waals surface area contributed by atoms with Crippen LogP contribution in [0.3, 0.4) is 0 Å². The predicted octanol–water partition coefficient (Wildman–Crippen LogP) is 2.45. The molecule has 0 bridgehead atoms. The van der Waals surface area contributed by atoms with Crippen molar-refractivity contribution in [1.29, 1.82) is 0 Å². The minimum Gasteiger partial charge on any atom is -0.484 e. The summed E-state index contributed by atoms with van der Waals surface area (Å²) in [6.07, 6.45) is 1.19. The highest BCUT2D eigenvalue weighted by molar-refractivity contribution is 7.80. The molecule has 0 radical (unpaired) electrons. The van der Waals surface area contributed by atoms with E-state index in [1.807, 2.05) is 32.0 Å². The molecule has 0 saturated heterocycles. The lowest BCUT2D eigenvalue weighted by Gasteiger charge is -2.12. The monoisotopic (exact) mass is 428 g/mol. The van der Waals surface area contributed by atoms with Crippen molar-refractivity contribution >= 4 is 40.7 Å². The second-order valence-electron chi connectivity index (χ2n) is 6.44. The van der Waals surface area contributed by atoms with Gasteiger partial charge in [-0.1, -0.05) is 19.1 Å². The maximum Gasteiger partial charge on any atom is 0.269 e. The number of ether oxygens (including phenoxy) is 1. The van der Waals surface area contributed by atoms with Gasteiger partial charge in [0.25, 0.3) is 11.8 Å². The fourth-order valence-corrected chi connectivity index (χ4v) is 2.55. The van der Waals surface area contributed by atoms with E-state index < -0.39 is 11.8 Å². The van der Waals surface area contributed by atoms with Crippen LogP contribution in [0.4, 0.5) is 5.69 Å². The van der Waals surface area contributed by atoms with Gasteiger partial charge >= 0.3 is 0 Å². The van der Waals surface area contributed by atoms with E-state index in [2.05, 4.69) is 21.5 Å². The van der Waals surface area contributed by atoms with Gasteiger partial charge in [-0.25, -0.2) is 0 Å². The van der Waals surface area contributed by atoms with Crippen molar-refractivity contribution in [3.63, 3.8) is 0 Å². The molecular weight excluding hydrogens is 404 g/mol. The Morgan fingerprint density at radius 1 is 1.00 bits per heavy atom. The molecule has 8 nitrogen and oxygen atoms in total. The molecule has 30 heavy (non-hydrogen) atoms. The van der Waals surface area contributed by atoms with E-state index in [1.165, 1.54) is 0 Å². The summed E-state index contributed by atoms with van der Waals surface area (Å²) in [6.45, 7) is 3.62. The number of aryl methyl sites for hydroxylation is 1. The minimum atomic E-state index is -0.463. The van der Waals surface area contributed by atoms with Crippen molar-refractivity contribution in [3.05, 3.63) is 59.7 Å². The summed E-state index contributed by atoms with van der Waals surface area (Å²) in [5.41, 5.74) is 6.83. The molecule has 0 spiro atoms. The number of carbonyl (C=O) groups is 3. The van der Waals surface area contributed by atoms with Crippen molar-refractivity contribution in [3.8, 4) is 5.75 Å². The second kappa shape index (κ2) is 11.5. The first kappa shape index (κ1) is 22.8. The number of rotatable bonds is 7. The Bertz CT molecular complexity index is 915. The molecule has 0 aliphatic heterocycles. The fourth-order valence-electron chi connectivity index (χ4n) is 2.39. The Labute approximate surface area is 180 Å². The summed E-state index contributed by atoms with van der Waals surface area (Å²) in [4.78, 5) is 35.6. The van der Waals surface area contributed by atoms with Crippen LogP contribution >= 0.6 is 12.2 Å². The van der Waals surface area contributed by atoms with E-state index in [1.54, 1.807) is 30.3 Å². The maximum absolute atomic E-state index is 12.2. The summed E-state index contributed by atoms with van der Waals surface area (Å²) < 4.78 is 5.38. The minimum absolute atomic E-state index is 0.0651. The van der Waals surface area contributed by atoms with Crippen LogP contribution < -0.4 is 26.2 Å². The Hall–Kier alpha value is -3.46. The number of amides is 3. The van der Waals surface area contributed by atoms with E-state index in [4.69, 9.17) is 17.0 Å². The van der Waals surface area contributed by atoms with Gasteiger partial charge in [0.1, 0.15) is 5.75 Å². The zero-order valence-electron chi connectivity index (χ0n) is 16.8. The van der Waals surface area contributed by atoms with Crippen molar-refractivity contribution in [2.24, 2.45) is 0 Å². The van der Waals surface area contributed by atoms with Crippen molar-refractivity contribution in [2.75, 3.05) is 11.9 Å².